The smallest absolute Gasteiger partial charge is 0.171 e. The minimum Gasteiger partial charge on any atom is -0.504 e. The van der Waals surface area contributed by atoms with Crippen molar-refractivity contribution >= 4 is 22.6 Å². The van der Waals surface area contributed by atoms with Gasteiger partial charge in [-0.1, -0.05) is 60.7 Å². The fraction of sp³-hybridized carbons (Fsp3) is 0.217. The molecule has 0 atom stereocenters. The number of halogens is 1. The molecule has 0 saturated heterocycles. The molecule has 0 aliphatic rings. The zero-order chi connectivity index (χ0) is 19.1. The Bertz CT molecular complexity index is 853. The highest BCUT2D eigenvalue weighted by Crippen LogP contribution is 2.32. The van der Waals surface area contributed by atoms with Crippen LogP contribution in [0.4, 0.5) is 0 Å². The maximum Gasteiger partial charge on any atom is 0.171 e. The monoisotopic (exact) mass is 473 g/mol. The van der Waals surface area contributed by atoms with Crippen molar-refractivity contribution in [3.05, 3.63) is 93.1 Å². The molecule has 0 heterocycles. The highest BCUT2D eigenvalue weighted by molar-refractivity contribution is 14.1. The molecule has 3 rings (SSSR count). The topological polar surface area (TPSA) is 32.7 Å². The molecule has 0 aromatic heterocycles. The first-order valence-corrected chi connectivity index (χ1v) is 10.1. The number of hydrogen-bond donors (Lipinski definition) is 1. The third-order valence-corrected chi connectivity index (χ3v) is 5.35. The third-order valence-electron chi connectivity index (χ3n) is 4.52. The normalized spacial score (nSPS) is 10.9. The predicted molar refractivity (Wildman–Crippen MR) is 118 cm³/mol. The van der Waals surface area contributed by atoms with Gasteiger partial charge in [-0.3, -0.25) is 4.90 Å². The van der Waals surface area contributed by atoms with E-state index < -0.39 is 0 Å². The summed E-state index contributed by atoms with van der Waals surface area (Å²) >= 11 is 2.15. The molecule has 0 fully saturated rings. The molecule has 0 unspecified atom stereocenters. The molecule has 140 valence electrons. The van der Waals surface area contributed by atoms with E-state index in [9.17, 15) is 5.11 Å². The van der Waals surface area contributed by atoms with Gasteiger partial charge >= 0.3 is 0 Å². The molecule has 0 aliphatic heterocycles. The molecule has 0 amide bonds. The van der Waals surface area contributed by atoms with Crippen LogP contribution in [0.1, 0.15) is 16.7 Å². The summed E-state index contributed by atoms with van der Waals surface area (Å²) in [7, 11) is 1.59. The van der Waals surface area contributed by atoms with Gasteiger partial charge in [0.2, 0.25) is 0 Å². The van der Waals surface area contributed by atoms with E-state index in [2.05, 4.69) is 82.1 Å². The van der Waals surface area contributed by atoms with Crippen LogP contribution in [-0.4, -0.2) is 23.7 Å². The number of hydrogen-bond acceptors (Lipinski definition) is 3. The van der Waals surface area contributed by atoms with Gasteiger partial charge in [-0.25, -0.2) is 0 Å². The van der Waals surface area contributed by atoms with Crippen molar-refractivity contribution in [1.82, 2.24) is 4.90 Å². The molecule has 0 spiro atoms. The average Bonchev–Trinajstić information content (AvgIpc) is 2.70. The van der Waals surface area contributed by atoms with Gasteiger partial charge in [-0.2, -0.15) is 0 Å². The Balaban J connectivity index is 1.77. The summed E-state index contributed by atoms with van der Waals surface area (Å²) in [6, 6.07) is 25.1. The van der Waals surface area contributed by atoms with Crippen molar-refractivity contribution in [3.8, 4) is 11.5 Å². The minimum atomic E-state index is 0.209. The van der Waals surface area contributed by atoms with Gasteiger partial charge in [0.05, 0.1) is 10.7 Å². The van der Waals surface area contributed by atoms with Crippen molar-refractivity contribution in [1.29, 1.82) is 0 Å². The summed E-state index contributed by atoms with van der Waals surface area (Å²) in [6.45, 7) is 2.64. The Kier molecular flexibility index (Phi) is 7.12. The SMILES string of the molecule is COc1cc(CN(CCc2ccccc2)Cc2ccccc2)cc(I)c1O. The van der Waals surface area contributed by atoms with Crippen molar-refractivity contribution in [2.24, 2.45) is 0 Å². The van der Waals surface area contributed by atoms with E-state index in [1.807, 2.05) is 18.2 Å². The Labute approximate surface area is 174 Å². The fourth-order valence-electron chi connectivity index (χ4n) is 3.12. The molecule has 0 saturated carbocycles. The van der Waals surface area contributed by atoms with Crippen LogP contribution in [0.25, 0.3) is 0 Å². The summed E-state index contributed by atoms with van der Waals surface area (Å²) < 4.78 is 6.13. The maximum atomic E-state index is 10.1. The summed E-state index contributed by atoms with van der Waals surface area (Å²) in [5.74, 6) is 0.736. The number of ether oxygens (including phenoxy) is 1. The van der Waals surface area contributed by atoms with Gasteiger partial charge in [0.25, 0.3) is 0 Å². The van der Waals surface area contributed by atoms with Crippen LogP contribution >= 0.6 is 22.6 Å². The summed E-state index contributed by atoms with van der Waals surface area (Å²) in [4.78, 5) is 2.43. The Morgan fingerprint density at radius 3 is 2.07 bits per heavy atom. The lowest BCUT2D eigenvalue weighted by atomic mass is 10.1. The first-order chi connectivity index (χ1) is 13.2. The van der Waals surface area contributed by atoms with E-state index in [-0.39, 0.29) is 5.75 Å². The minimum absolute atomic E-state index is 0.209. The van der Waals surface area contributed by atoms with Gasteiger partial charge in [-0.15, -0.1) is 0 Å². The summed E-state index contributed by atoms with van der Waals surface area (Å²) in [5, 5.41) is 10.1. The van der Waals surface area contributed by atoms with Crippen LogP contribution in [0.15, 0.2) is 72.8 Å². The molecule has 0 bridgehead atoms. The highest BCUT2D eigenvalue weighted by Gasteiger charge is 2.12. The van der Waals surface area contributed by atoms with Gasteiger partial charge < -0.3 is 9.84 Å². The second-order valence-electron chi connectivity index (χ2n) is 6.56. The average molecular weight is 473 g/mol. The molecule has 0 aliphatic carbocycles. The lowest BCUT2D eigenvalue weighted by Crippen LogP contribution is -2.25. The van der Waals surface area contributed by atoms with Gasteiger partial charge in [-0.05, 0) is 57.8 Å². The predicted octanol–water partition coefficient (Wildman–Crippen LogP) is 5.25. The van der Waals surface area contributed by atoms with Gasteiger partial charge in [0, 0.05) is 19.6 Å². The van der Waals surface area contributed by atoms with Crippen molar-refractivity contribution in [2.75, 3.05) is 13.7 Å². The number of benzene rings is 3. The number of rotatable bonds is 8. The zero-order valence-electron chi connectivity index (χ0n) is 15.4. The van der Waals surface area contributed by atoms with Crippen LogP contribution < -0.4 is 4.74 Å². The second-order valence-corrected chi connectivity index (χ2v) is 7.72. The molecule has 3 nitrogen and oxygen atoms in total. The Morgan fingerprint density at radius 2 is 1.44 bits per heavy atom. The third kappa shape index (κ3) is 5.71. The van der Waals surface area contributed by atoms with E-state index in [4.69, 9.17) is 4.74 Å². The number of phenolic OH excluding ortho intramolecular Hbond substituents is 1. The quantitative estimate of drug-likeness (QED) is 0.454. The highest BCUT2D eigenvalue weighted by atomic mass is 127. The van der Waals surface area contributed by atoms with E-state index in [1.165, 1.54) is 11.1 Å². The molecule has 3 aromatic rings. The number of aromatic hydroxyl groups is 1. The lowest BCUT2D eigenvalue weighted by Gasteiger charge is -2.23. The largest absolute Gasteiger partial charge is 0.504 e. The number of phenols is 1. The van der Waals surface area contributed by atoms with E-state index >= 15 is 0 Å². The first-order valence-electron chi connectivity index (χ1n) is 9.01. The van der Waals surface area contributed by atoms with Crippen LogP contribution in [0.5, 0.6) is 11.5 Å². The van der Waals surface area contributed by atoms with E-state index in [0.717, 1.165) is 35.2 Å². The summed E-state index contributed by atoms with van der Waals surface area (Å²) in [6.07, 6.45) is 1.000. The van der Waals surface area contributed by atoms with Crippen LogP contribution in [0, 0.1) is 3.57 Å². The standard InChI is InChI=1S/C23H24INO2/c1-27-22-15-20(14-21(24)23(22)26)17-25(16-19-10-6-3-7-11-19)13-12-18-8-4-2-5-9-18/h2-11,14-15,26H,12-13,16-17H2,1H3. The molecular weight excluding hydrogens is 449 g/mol. The van der Waals surface area contributed by atoms with Gasteiger partial charge in [0.1, 0.15) is 0 Å². The molecule has 0 radical (unpaired) electrons. The van der Waals surface area contributed by atoms with Crippen molar-refractivity contribution in [2.45, 2.75) is 19.5 Å². The maximum absolute atomic E-state index is 10.1. The second kappa shape index (κ2) is 9.76. The molecular formula is C23H24INO2. The van der Waals surface area contributed by atoms with Crippen molar-refractivity contribution in [3.63, 3.8) is 0 Å². The Hall–Kier alpha value is -2.05. The van der Waals surface area contributed by atoms with E-state index in [1.54, 1.807) is 7.11 Å². The van der Waals surface area contributed by atoms with Crippen LogP contribution in [0.2, 0.25) is 0 Å². The molecule has 1 N–H and O–H groups in total. The molecule has 27 heavy (non-hydrogen) atoms. The number of nitrogens with zero attached hydrogens (tertiary/aromatic N) is 1. The molecule has 3 aromatic carbocycles. The first kappa shape index (κ1) is 19.7. The fourth-order valence-corrected chi connectivity index (χ4v) is 3.79. The lowest BCUT2D eigenvalue weighted by molar-refractivity contribution is 0.259. The van der Waals surface area contributed by atoms with Gasteiger partial charge in [0.15, 0.2) is 11.5 Å². The van der Waals surface area contributed by atoms with Crippen molar-refractivity contribution < 1.29 is 9.84 Å². The van der Waals surface area contributed by atoms with Crippen LogP contribution in [-0.2, 0) is 19.5 Å². The number of methoxy groups -OCH3 is 1. The zero-order valence-corrected chi connectivity index (χ0v) is 17.6. The molecule has 4 heteroatoms. The van der Waals surface area contributed by atoms with E-state index in [0.29, 0.717) is 5.75 Å². The van der Waals surface area contributed by atoms with Crippen LogP contribution in [0.3, 0.4) is 0 Å². The summed E-state index contributed by atoms with van der Waals surface area (Å²) in [5.41, 5.74) is 3.78. The Morgan fingerprint density at radius 1 is 0.852 bits per heavy atom.